The van der Waals surface area contributed by atoms with Gasteiger partial charge in [0.05, 0.1) is 42.5 Å². The Morgan fingerprint density at radius 1 is 1.12 bits per heavy atom. The molecule has 2 aromatic heterocycles. The van der Waals surface area contributed by atoms with E-state index < -0.39 is 29.2 Å². The highest BCUT2D eigenvalue weighted by molar-refractivity contribution is 5.99. The zero-order valence-corrected chi connectivity index (χ0v) is 16.8. The van der Waals surface area contributed by atoms with E-state index in [-0.39, 0.29) is 28.8 Å². The van der Waals surface area contributed by atoms with Crippen molar-refractivity contribution in [3.63, 3.8) is 0 Å². The van der Waals surface area contributed by atoms with Crippen molar-refractivity contribution < 1.29 is 27.6 Å². The van der Waals surface area contributed by atoms with E-state index in [1.54, 1.807) is 36.4 Å². The maximum Gasteiger partial charge on any atom is 0.337 e. The Morgan fingerprint density at radius 2 is 1.91 bits per heavy atom. The van der Waals surface area contributed by atoms with Crippen molar-refractivity contribution in [3.05, 3.63) is 105 Å². The number of methoxy groups -OCH3 is 1. The predicted molar refractivity (Wildman–Crippen MR) is 111 cm³/mol. The maximum atomic E-state index is 13.8. The average Bonchev–Trinajstić information content (AvgIpc) is 3.41. The Morgan fingerprint density at radius 3 is 2.59 bits per heavy atom. The number of esters is 1. The Balaban J connectivity index is 1.70. The molecule has 0 radical (unpaired) electrons. The van der Waals surface area contributed by atoms with E-state index in [0.717, 1.165) is 6.07 Å². The number of halogens is 1. The van der Waals surface area contributed by atoms with Crippen molar-refractivity contribution in [1.29, 1.82) is 0 Å². The fraction of sp³-hybridized carbons (Fsp3) is 0.125. The van der Waals surface area contributed by atoms with Crippen LogP contribution in [0.3, 0.4) is 0 Å². The number of nitrogens with zero attached hydrogens (tertiary/aromatic N) is 1. The van der Waals surface area contributed by atoms with E-state index >= 15 is 0 Å². The fourth-order valence-electron chi connectivity index (χ4n) is 3.99. The van der Waals surface area contributed by atoms with E-state index in [1.807, 2.05) is 0 Å². The number of carbonyl (C=O) groups excluding carboxylic acids is 2. The molecule has 1 aliphatic heterocycles. The predicted octanol–water partition coefficient (Wildman–Crippen LogP) is 4.06. The van der Waals surface area contributed by atoms with Gasteiger partial charge in [-0.3, -0.25) is 9.59 Å². The summed E-state index contributed by atoms with van der Waals surface area (Å²) in [5, 5.41) is 0.0487. The number of ether oxygens (including phenoxy) is 1. The molecular weight excluding hydrogens is 417 g/mol. The molecule has 3 heterocycles. The third-order valence-electron chi connectivity index (χ3n) is 5.48. The Labute approximate surface area is 180 Å². The Bertz CT molecular complexity index is 1410. The lowest BCUT2D eigenvalue weighted by atomic mass is 9.97. The van der Waals surface area contributed by atoms with Gasteiger partial charge >= 0.3 is 5.97 Å². The summed E-state index contributed by atoms with van der Waals surface area (Å²) in [6.45, 7) is 0.0869. The van der Waals surface area contributed by atoms with Gasteiger partial charge < -0.3 is 18.5 Å². The summed E-state index contributed by atoms with van der Waals surface area (Å²) in [6.07, 6.45) is 1.49. The third kappa shape index (κ3) is 3.08. The zero-order valence-electron chi connectivity index (χ0n) is 16.8. The first kappa shape index (κ1) is 19.7. The summed E-state index contributed by atoms with van der Waals surface area (Å²) < 4.78 is 29.7. The normalized spacial score (nSPS) is 15.2. The number of carbonyl (C=O) groups is 2. The molecule has 8 heteroatoms. The summed E-state index contributed by atoms with van der Waals surface area (Å²) in [6, 6.07) is 12.6. The topological polar surface area (TPSA) is 90.0 Å². The van der Waals surface area contributed by atoms with Crippen LogP contribution in [0.4, 0.5) is 4.39 Å². The molecule has 1 atom stereocenters. The molecule has 0 fully saturated rings. The molecule has 0 saturated carbocycles. The van der Waals surface area contributed by atoms with Crippen molar-refractivity contribution in [2.45, 2.75) is 12.6 Å². The van der Waals surface area contributed by atoms with Crippen molar-refractivity contribution in [2.75, 3.05) is 7.11 Å². The molecule has 0 aliphatic carbocycles. The molecule has 2 aromatic carbocycles. The summed E-state index contributed by atoms with van der Waals surface area (Å²) in [4.78, 5) is 39.9. The minimum atomic E-state index is -0.807. The molecule has 7 nitrogen and oxygen atoms in total. The molecule has 0 saturated heterocycles. The molecule has 1 amide bonds. The number of hydrogen-bond acceptors (Lipinski definition) is 6. The molecule has 160 valence electrons. The van der Waals surface area contributed by atoms with Crippen LogP contribution < -0.4 is 5.43 Å². The van der Waals surface area contributed by atoms with Crippen LogP contribution in [0.5, 0.6) is 0 Å². The van der Waals surface area contributed by atoms with Crippen LogP contribution >= 0.6 is 0 Å². The Kier molecular flexibility index (Phi) is 4.62. The van der Waals surface area contributed by atoms with Gasteiger partial charge in [-0.15, -0.1) is 0 Å². The highest BCUT2D eigenvalue weighted by atomic mass is 19.1. The van der Waals surface area contributed by atoms with Gasteiger partial charge in [-0.05, 0) is 48.0 Å². The SMILES string of the molecule is COC(=O)c1ccc([C@H]2c3c(oc4ccc(F)cc4c3=O)C(=O)N2Cc2ccco2)cc1. The molecule has 0 unspecified atom stereocenters. The quantitative estimate of drug-likeness (QED) is 0.451. The lowest BCUT2D eigenvalue weighted by Crippen LogP contribution is -2.29. The van der Waals surface area contributed by atoms with Crippen molar-refractivity contribution in [2.24, 2.45) is 0 Å². The van der Waals surface area contributed by atoms with Crippen molar-refractivity contribution >= 4 is 22.8 Å². The average molecular weight is 433 g/mol. The van der Waals surface area contributed by atoms with E-state index in [2.05, 4.69) is 0 Å². The number of hydrogen-bond donors (Lipinski definition) is 0. The molecule has 5 rings (SSSR count). The van der Waals surface area contributed by atoms with Crippen LogP contribution in [0.2, 0.25) is 0 Å². The molecule has 0 N–H and O–H groups in total. The Hall–Kier alpha value is -4.20. The van der Waals surface area contributed by atoms with Crippen LogP contribution in [0.15, 0.2) is 74.5 Å². The second-order valence-corrected chi connectivity index (χ2v) is 7.34. The largest absolute Gasteiger partial charge is 0.467 e. The van der Waals surface area contributed by atoms with Gasteiger partial charge in [0.1, 0.15) is 17.2 Å². The molecular formula is C24H16FNO6. The van der Waals surface area contributed by atoms with Crippen LogP contribution in [0, 0.1) is 5.82 Å². The number of fused-ring (bicyclic) bond motifs is 2. The summed E-state index contributed by atoms with van der Waals surface area (Å²) in [7, 11) is 1.28. The number of amides is 1. The highest BCUT2D eigenvalue weighted by Gasteiger charge is 2.43. The second-order valence-electron chi connectivity index (χ2n) is 7.34. The molecule has 0 bridgehead atoms. The first-order valence-electron chi connectivity index (χ1n) is 9.76. The summed E-state index contributed by atoms with van der Waals surface area (Å²) >= 11 is 0. The first-order valence-corrected chi connectivity index (χ1v) is 9.76. The fourth-order valence-corrected chi connectivity index (χ4v) is 3.99. The molecule has 0 spiro atoms. The van der Waals surface area contributed by atoms with Gasteiger partial charge in [-0.1, -0.05) is 12.1 Å². The number of furan rings is 1. The third-order valence-corrected chi connectivity index (χ3v) is 5.48. The van der Waals surface area contributed by atoms with Gasteiger partial charge in [0.25, 0.3) is 5.91 Å². The molecule has 4 aromatic rings. The smallest absolute Gasteiger partial charge is 0.337 e. The summed E-state index contributed by atoms with van der Waals surface area (Å²) in [5.74, 6) is -1.15. The van der Waals surface area contributed by atoms with Crippen LogP contribution in [0.25, 0.3) is 11.0 Å². The maximum absolute atomic E-state index is 13.8. The highest BCUT2D eigenvalue weighted by Crippen LogP contribution is 2.39. The minimum absolute atomic E-state index is 0.0487. The molecule has 1 aliphatic rings. The van der Waals surface area contributed by atoms with Crippen LogP contribution in [0.1, 0.15) is 43.8 Å². The van der Waals surface area contributed by atoms with Gasteiger partial charge in [0.2, 0.25) is 5.76 Å². The van der Waals surface area contributed by atoms with Gasteiger partial charge in [0, 0.05) is 0 Å². The minimum Gasteiger partial charge on any atom is -0.467 e. The van der Waals surface area contributed by atoms with E-state index in [9.17, 15) is 18.8 Å². The second kappa shape index (κ2) is 7.49. The van der Waals surface area contributed by atoms with Crippen LogP contribution in [-0.2, 0) is 11.3 Å². The lowest BCUT2D eigenvalue weighted by molar-refractivity contribution is 0.0599. The van der Waals surface area contributed by atoms with Gasteiger partial charge in [-0.25, -0.2) is 9.18 Å². The number of rotatable bonds is 4. The monoisotopic (exact) mass is 433 g/mol. The molecule has 32 heavy (non-hydrogen) atoms. The van der Waals surface area contributed by atoms with Gasteiger partial charge in [0.15, 0.2) is 5.43 Å². The van der Waals surface area contributed by atoms with Crippen molar-refractivity contribution in [3.8, 4) is 0 Å². The van der Waals surface area contributed by atoms with Gasteiger partial charge in [-0.2, -0.15) is 0 Å². The van der Waals surface area contributed by atoms with Crippen molar-refractivity contribution in [1.82, 2.24) is 4.90 Å². The zero-order chi connectivity index (χ0) is 22.4. The van der Waals surface area contributed by atoms with E-state index in [4.69, 9.17) is 13.6 Å². The van der Waals surface area contributed by atoms with E-state index in [0.29, 0.717) is 16.9 Å². The van der Waals surface area contributed by atoms with E-state index in [1.165, 1.54) is 30.4 Å². The lowest BCUT2D eigenvalue weighted by Gasteiger charge is -2.24. The standard InChI is InChI=1S/C24H16FNO6/c1-30-24(29)14-6-4-13(5-7-14)20-19-21(27)17-11-15(25)8-9-18(17)32-22(19)23(28)26(20)12-16-3-2-10-31-16/h2-11,20H,12H2,1H3/t20-/m0/s1. The first-order chi connectivity index (χ1) is 15.5. The number of benzene rings is 2. The summed E-state index contributed by atoms with van der Waals surface area (Å²) in [5.41, 5.74) is 0.664. The van der Waals surface area contributed by atoms with Crippen LogP contribution in [-0.4, -0.2) is 23.9 Å².